The van der Waals surface area contributed by atoms with Crippen molar-refractivity contribution < 1.29 is 22.8 Å². The van der Waals surface area contributed by atoms with E-state index in [1.54, 1.807) is 0 Å². The summed E-state index contributed by atoms with van der Waals surface area (Å²) < 4.78 is 34.3. The van der Waals surface area contributed by atoms with Gasteiger partial charge < -0.3 is 5.32 Å². The highest BCUT2D eigenvalue weighted by Crippen LogP contribution is 2.13. The second kappa shape index (κ2) is 4.30. The van der Waals surface area contributed by atoms with Gasteiger partial charge in [-0.3, -0.25) is 9.59 Å². The summed E-state index contributed by atoms with van der Waals surface area (Å²) in [6.45, 7) is -0.693. The maximum Gasteiger partial charge on any atom is 0.471 e. The van der Waals surface area contributed by atoms with Crippen LogP contribution in [0.1, 0.15) is 0 Å². The number of nitrogens with one attached hydrogen (secondary N) is 1. The Bertz CT molecular complexity index is 192. The summed E-state index contributed by atoms with van der Waals surface area (Å²) in [5, 5.41) is 1.38. The highest BCUT2D eigenvalue weighted by atomic mass is 35.5. The van der Waals surface area contributed by atoms with Crippen LogP contribution >= 0.6 is 11.6 Å². The average Bonchev–Trinajstić information content (AvgIpc) is 1.97. The molecule has 0 spiro atoms. The molecule has 12 heavy (non-hydrogen) atoms. The Morgan fingerprint density at radius 2 is 1.83 bits per heavy atom. The van der Waals surface area contributed by atoms with Crippen molar-refractivity contribution in [3.63, 3.8) is 0 Å². The van der Waals surface area contributed by atoms with Gasteiger partial charge in [-0.25, -0.2) is 0 Å². The summed E-state index contributed by atoms with van der Waals surface area (Å²) in [7, 11) is 0. The van der Waals surface area contributed by atoms with Crippen LogP contribution < -0.4 is 5.32 Å². The molecule has 0 bridgehead atoms. The fourth-order valence-corrected chi connectivity index (χ4v) is 0.421. The molecule has 0 radical (unpaired) electrons. The Hall–Kier alpha value is -0.780. The van der Waals surface area contributed by atoms with Gasteiger partial charge in [-0.05, 0) is 0 Å². The predicted octanol–water partition coefficient (Wildman–Crippen LogP) is 0.473. The van der Waals surface area contributed by atoms with Crippen molar-refractivity contribution in [3.05, 3.63) is 0 Å². The normalized spacial score (nSPS) is 11.0. The summed E-state index contributed by atoms with van der Waals surface area (Å²) in [6.07, 6.45) is -4.95. The first kappa shape index (κ1) is 11.2. The lowest BCUT2D eigenvalue weighted by Gasteiger charge is -2.05. The second-order valence-electron chi connectivity index (χ2n) is 1.85. The van der Waals surface area contributed by atoms with Gasteiger partial charge in [0, 0.05) is 0 Å². The first-order chi connectivity index (χ1) is 5.38. The molecule has 0 aromatic heterocycles. The van der Waals surface area contributed by atoms with Crippen LogP contribution in [0.25, 0.3) is 0 Å². The van der Waals surface area contributed by atoms with E-state index in [-0.39, 0.29) is 0 Å². The SMILES string of the molecule is O=C(CCl)CNC(=O)C(F)(F)F. The minimum atomic E-state index is -4.95. The highest BCUT2D eigenvalue weighted by Gasteiger charge is 2.38. The van der Waals surface area contributed by atoms with E-state index < -0.39 is 30.3 Å². The summed E-state index contributed by atoms with van der Waals surface area (Å²) >= 11 is 4.97. The fourth-order valence-electron chi connectivity index (χ4n) is 0.326. The Morgan fingerprint density at radius 3 is 2.17 bits per heavy atom. The van der Waals surface area contributed by atoms with Gasteiger partial charge in [-0.2, -0.15) is 13.2 Å². The molecular weight excluding hydrogens is 199 g/mol. The zero-order valence-corrected chi connectivity index (χ0v) is 6.50. The number of carbonyl (C=O) groups is 2. The molecule has 0 rings (SSSR count). The van der Waals surface area contributed by atoms with E-state index in [0.717, 1.165) is 0 Å². The minimum Gasteiger partial charge on any atom is -0.341 e. The monoisotopic (exact) mass is 203 g/mol. The van der Waals surface area contributed by atoms with E-state index in [0.29, 0.717) is 0 Å². The largest absolute Gasteiger partial charge is 0.471 e. The van der Waals surface area contributed by atoms with Crippen molar-refractivity contribution in [1.29, 1.82) is 0 Å². The summed E-state index contributed by atoms with van der Waals surface area (Å²) in [5.41, 5.74) is 0. The maximum absolute atomic E-state index is 11.4. The first-order valence-electron chi connectivity index (χ1n) is 2.80. The van der Waals surface area contributed by atoms with Gasteiger partial charge in [0.05, 0.1) is 12.4 Å². The smallest absolute Gasteiger partial charge is 0.341 e. The van der Waals surface area contributed by atoms with Crippen LogP contribution in [0.4, 0.5) is 13.2 Å². The fraction of sp³-hybridized carbons (Fsp3) is 0.600. The molecule has 0 aliphatic heterocycles. The van der Waals surface area contributed by atoms with Crippen molar-refractivity contribution in [2.24, 2.45) is 0 Å². The third-order valence-electron chi connectivity index (χ3n) is 0.853. The summed E-state index contributed by atoms with van der Waals surface area (Å²) in [6, 6.07) is 0. The van der Waals surface area contributed by atoms with Crippen molar-refractivity contribution in [2.75, 3.05) is 12.4 Å². The third-order valence-corrected chi connectivity index (χ3v) is 1.15. The Morgan fingerprint density at radius 1 is 1.33 bits per heavy atom. The van der Waals surface area contributed by atoms with E-state index >= 15 is 0 Å². The number of amides is 1. The molecule has 0 saturated heterocycles. The van der Waals surface area contributed by atoms with Crippen LogP contribution in [-0.4, -0.2) is 30.3 Å². The molecule has 0 heterocycles. The molecule has 0 aliphatic carbocycles. The predicted molar refractivity (Wildman–Crippen MR) is 34.8 cm³/mol. The topological polar surface area (TPSA) is 46.2 Å². The van der Waals surface area contributed by atoms with Crippen molar-refractivity contribution in [3.8, 4) is 0 Å². The molecule has 3 nitrogen and oxygen atoms in total. The van der Waals surface area contributed by atoms with E-state index in [2.05, 4.69) is 0 Å². The molecule has 1 N–H and O–H groups in total. The maximum atomic E-state index is 11.4. The van der Waals surface area contributed by atoms with Crippen molar-refractivity contribution in [2.45, 2.75) is 6.18 Å². The molecule has 0 atom stereocenters. The van der Waals surface area contributed by atoms with Crippen LogP contribution in [0.15, 0.2) is 0 Å². The molecule has 70 valence electrons. The number of alkyl halides is 4. The number of Topliss-reactive ketones (excluding diaryl/α,β-unsaturated/α-hetero) is 1. The van der Waals surface area contributed by atoms with Crippen molar-refractivity contribution >= 4 is 23.3 Å². The zero-order valence-electron chi connectivity index (χ0n) is 5.74. The van der Waals surface area contributed by atoms with E-state index in [1.807, 2.05) is 0 Å². The molecule has 0 saturated carbocycles. The van der Waals surface area contributed by atoms with Crippen LogP contribution in [0.2, 0.25) is 0 Å². The zero-order chi connectivity index (χ0) is 9.78. The van der Waals surface area contributed by atoms with Crippen LogP contribution in [-0.2, 0) is 9.59 Å². The molecule has 7 heteroatoms. The second-order valence-corrected chi connectivity index (χ2v) is 2.12. The lowest BCUT2D eigenvalue weighted by Crippen LogP contribution is -2.39. The van der Waals surface area contributed by atoms with Gasteiger partial charge in [0.15, 0.2) is 5.78 Å². The lowest BCUT2D eigenvalue weighted by molar-refractivity contribution is -0.173. The molecule has 0 unspecified atom stereocenters. The van der Waals surface area contributed by atoms with Gasteiger partial charge in [0.2, 0.25) is 0 Å². The van der Waals surface area contributed by atoms with Crippen LogP contribution in [0, 0.1) is 0 Å². The minimum absolute atomic E-state index is 0.419. The molecule has 1 amide bonds. The third kappa shape index (κ3) is 4.17. The Kier molecular flexibility index (Phi) is 4.02. The number of ketones is 1. The number of halogens is 4. The molecule has 0 aromatic rings. The molecular formula is C5H5ClF3NO2. The van der Waals surface area contributed by atoms with Gasteiger partial charge in [-0.15, -0.1) is 11.6 Å². The van der Waals surface area contributed by atoms with Crippen LogP contribution in [0.5, 0.6) is 0 Å². The van der Waals surface area contributed by atoms with E-state index in [9.17, 15) is 22.8 Å². The molecule has 0 aliphatic rings. The van der Waals surface area contributed by atoms with Gasteiger partial charge in [0.25, 0.3) is 0 Å². The van der Waals surface area contributed by atoms with Crippen LogP contribution in [0.3, 0.4) is 0 Å². The molecule has 0 aromatic carbocycles. The lowest BCUT2D eigenvalue weighted by atomic mass is 10.4. The van der Waals surface area contributed by atoms with Gasteiger partial charge in [-0.1, -0.05) is 0 Å². The Balaban J connectivity index is 3.81. The quantitative estimate of drug-likeness (QED) is 0.678. The average molecular weight is 204 g/mol. The highest BCUT2D eigenvalue weighted by molar-refractivity contribution is 6.28. The van der Waals surface area contributed by atoms with E-state index in [4.69, 9.17) is 11.6 Å². The Labute approximate surface area is 70.9 Å². The van der Waals surface area contributed by atoms with Gasteiger partial charge in [0.1, 0.15) is 0 Å². The summed E-state index contributed by atoms with van der Waals surface area (Å²) in [5.74, 6) is -3.23. The first-order valence-corrected chi connectivity index (χ1v) is 3.34. The summed E-state index contributed by atoms with van der Waals surface area (Å²) in [4.78, 5) is 20.4. The van der Waals surface area contributed by atoms with Crippen molar-refractivity contribution in [1.82, 2.24) is 5.32 Å². The number of hydrogen-bond acceptors (Lipinski definition) is 2. The molecule has 0 fully saturated rings. The number of carbonyl (C=O) groups excluding carboxylic acids is 2. The standard InChI is InChI=1S/C5H5ClF3NO2/c6-1-3(11)2-10-4(12)5(7,8)9/h1-2H2,(H,10,12). The van der Waals surface area contributed by atoms with E-state index in [1.165, 1.54) is 5.32 Å². The number of rotatable bonds is 3. The number of hydrogen-bond donors (Lipinski definition) is 1. The van der Waals surface area contributed by atoms with Gasteiger partial charge >= 0.3 is 12.1 Å².